The predicted octanol–water partition coefficient (Wildman–Crippen LogP) is 5.66. The summed E-state index contributed by atoms with van der Waals surface area (Å²) < 4.78 is 28.7. The Labute approximate surface area is 251 Å². The van der Waals surface area contributed by atoms with Crippen LogP contribution in [0.5, 0.6) is 23.1 Å². The maximum atomic E-state index is 12.1. The van der Waals surface area contributed by atoms with Crippen LogP contribution in [0.4, 0.5) is 15.3 Å². The number of hydrogen-bond donors (Lipinski definition) is 3. The van der Waals surface area contributed by atoms with Crippen LogP contribution in [0, 0.1) is 5.92 Å². The third-order valence-corrected chi connectivity index (χ3v) is 6.76. The van der Waals surface area contributed by atoms with Crippen LogP contribution < -0.4 is 34.9 Å². The van der Waals surface area contributed by atoms with Gasteiger partial charge in [-0.3, -0.25) is 0 Å². The molecule has 228 valence electrons. The van der Waals surface area contributed by atoms with E-state index >= 15 is 0 Å². The van der Waals surface area contributed by atoms with E-state index in [1.54, 1.807) is 7.11 Å². The van der Waals surface area contributed by atoms with Crippen LogP contribution in [0.1, 0.15) is 44.7 Å². The van der Waals surface area contributed by atoms with Gasteiger partial charge in [-0.1, -0.05) is 18.2 Å². The Hall–Kier alpha value is -4.67. The molecule has 11 nitrogen and oxygen atoms in total. The van der Waals surface area contributed by atoms with E-state index in [1.807, 2.05) is 69.3 Å². The zero-order valence-electron chi connectivity index (χ0n) is 25.0. The van der Waals surface area contributed by atoms with Gasteiger partial charge in [-0.25, -0.2) is 14.6 Å². The average Bonchev–Trinajstić information content (AvgIpc) is 3.81. The van der Waals surface area contributed by atoms with E-state index in [0.29, 0.717) is 66.2 Å². The molecule has 2 aromatic carbocycles. The molecule has 3 aromatic rings. The number of carbonyl (C=O) groups is 2. The molecular formula is C32H38N4O7. The quantitative estimate of drug-likeness (QED) is 0.229. The molecule has 3 N–H and O–H groups in total. The van der Waals surface area contributed by atoms with Crippen molar-refractivity contribution in [1.29, 1.82) is 0 Å². The second-order valence-corrected chi connectivity index (χ2v) is 11.5. The monoisotopic (exact) mass is 590 g/mol. The van der Waals surface area contributed by atoms with Crippen LogP contribution in [-0.2, 0) is 17.9 Å². The number of anilines is 1. The van der Waals surface area contributed by atoms with Crippen LogP contribution in [0.15, 0.2) is 48.5 Å². The lowest BCUT2D eigenvalue weighted by atomic mass is 10.1. The molecule has 2 amide bonds. The molecule has 0 atom stereocenters. The molecule has 1 saturated carbocycles. The minimum atomic E-state index is -0.589. The second-order valence-electron chi connectivity index (χ2n) is 11.5. The number of methoxy groups -OCH3 is 1. The molecule has 2 heterocycles. The van der Waals surface area contributed by atoms with Crippen molar-refractivity contribution >= 4 is 17.9 Å². The molecule has 0 unspecified atom stereocenters. The molecule has 1 fully saturated rings. The molecule has 43 heavy (non-hydrogen) atoms. The van der Waals surface area contributed by atoms with Crippen LogP contribution in [0.3, 0.4) is 0 Å². The van der Waals surface area contributed by atoms with Gasteiger partial charge in [0.1, 0.15) is 29.5 Å². The number of carbonyl (C=O) groups excluding carboxylic acids is 2. The van der Waals surface area contributed by atoms with E-state index in [2.05, 4.69) is 16.0 Å². The van der Waals surface area contributed by atoms with Crippen molar-refractivity contribution in [3.8, 4) is 34.4 Å². The Morgan fingerprint density at radius 3 is 2.51 bits per heavy atom. The van der Waals surface area contributed by atoms with Gasteiger partial charge in [-0.15, -0.1) is 0 Å². The summed E-state index contributed by atoms with van der Waals surface area (Å²) in [6.07, 6.45) is 1.22. The summed E-state index contributed by atoms with van der Waals surface area (Å²) in [7, 11) is 1.63. The van der Waals surface area contributed by atoms with Gasteiger partial charge in [-0.2, -0.15) is 0 Å². The molecule has 0 bridgehead atoms. The highest BCUT2D eigenvalue weighted by Crippen LogP contribution is 2.42. The third-order valence-electron chi connectivity index (χ3n) is 6.76. The summed E-state index contributed by atoms with van der Waals surface area (Å²) in [5.41, 5.74) is 2.95. The number of aromatic nitrogens is 1. The maximum absolute atomic E-state index is 12.1. The van der Waals surface area contributed by atoms with Crippen LogP contribution >= 0.6 is 0 Å². The SMILES string of the molecule is COc1ccc(COc2cccc(OCC3CC3)c2-c2cc(NCCNC(=O)OC(C)(C)C)c3c(n2)OC(=O)NC3)cc1. The van der Waals surface area contributed by atoms with Crippen molar-refractivity contribution in [3.63, 3.8) is 0 Å². The van der Waals surface area contributed by atoms with Crippen molar-refractivity contribution < 1.29 is 33.3 Å². The highest BCUT2D eigenvalue weighted by atomic mass is 16.6. The summed E-state index contributed by atoms with van der Waals surface area (Å²) in [6, 6.07) is 15.2. The number of rotatable bonds is 12. The van der Waals surface area contributed by atoms with E-state index in [1.165, 1.54) is 0 Å². The van der Waals surface area contributed by atoms with E-state index in [0.717, 1.165) is 24.2 Å². The van der Waals surface area contributed by atoms with Gasteiger partial charge in [0.2, 0.25) is 5.88 Å². The van der Waals surface area contributed by atoms with E-state index in [4.69, 9.17) is 28.7 Å². The molecule has 0 spiro atoms. The van der Waals surface area contributed by atoms with Gasteiger partial charge in [0.15, 0.2) is 0 Å². The fraction of sp³-hybridized carbons (Fsp3) is 0.406. The summed E-state index contributed by atoms with van der Waals surface area (Å²) >= 11 is 0. The van der Waals surface area contributed by atoms with Crippen molar-refractivity contribution in [3.05, 3.63) is 59.7 Å². The normalized spacial score (nSPS) is 14.1. The van der Waals surface area contributed by atoms with E-state index < -0.39 is 17.8 Å². The molecule has 1 aliphatic carbocycles. The number of alkyl carbamates (subject to hydrolysis) is 1. The molecule has 5 rings (SSSR count). The summed E-state index contributed by atoms with van der Waals surface area (Å²) in [5, 5.41) is 8.79. The minimum Gasteiger partial charge on any atom is -0.497 e. The largest absolute Gasteiger partial charge is 0.497 e. The molecule has 0 saturated heterocycles. The highest BCUT2D eigenvalue weighted by molar-refractivity contribution is 5.81. The zero-order chi connectivity index (χ0) is 30.4. The number of nitrogens with one attached hydrogen (secondary N) is 3. The Balaban J connectivity index is 1.42. The summed E-state index contributed by atoms with van der Waals surface area (Å²) in [4.78, 5) is 29.0. The number of amides is 2. The van der Waals surface area contributed by atoms with Crippen molar-refractivity contribution in [2.45, 2.75) is 52.4 Å². The first-order valence-electron chi connectivity index (χ1n) is 14.4. The molecule has 0 radical (unpaired) electrons. The lowest BCUT2D eigenvalue weighted by Gasteiger charge is -2.23. The maximum Gasteiger partial charge on any atom is 0.414 e. The van der Waals surface area contributed by atoms with Crippen molar-refractivity contribution in [2.75, 3.05) is 32.1 Å². The first-order chi connectivity index (χ1) is 20.7. The lowest BCUT2D eigenvalue weighted by Crippen LogP contribution is -2.35. The first kappa shape index (κ1) is 29.8. The van der Waals surface area contributed by atoms with Crippen molar-refractivity contribution in [1.82, 2.24) is 15.6 Å². The Morgan fingerprint density at radius 1 is 1.07 bits per heavy atom. The Bertz CT molecular complexity index is 1450. The van der Waals surface area contributed by atoms with Crippen LogP contribution in [-0.4, -0.2) is 49.6 Å². The molecule has 1 aliphatic heterocycles. The molecular weight excluding hydrogens is 552 g/mol. The van der Waals surface area contributed by atoms with E-state index in [9.17, 15) is 9.59 Å². The minimum absolute atomic E-state index is 0.196. The summed E-state index contributed by atoms with van der Waals surface area (Å²) in [5.74, 6) is 2.71. The molecule has 1 aromatic heterocycles. The fourth-order valence-corrected chi connectivity index (χ4v) is 4.43. The highest BCUT2D eigenvalue weighted by Gasteiger charge is 2.27. The second kappa shape index (κ2) is 13.1. The van der Waals surface area contributed by atoms with Crippen LogP contribution in [0.2, 0.25) is 0 Å². The van der Waals surface area contributed by atoms with Gasteiger partial charge in [0.05, 0.1) is 37.1 Å². The predicted molar refractivity (Wildman–Crippen MR) is 161 cm³/mol. The van der Waals surface area contributed by atoms with Gasteiger partial charge in [0, 0.05) is 18.8 Å². The number of fused-ring (bicyclic) bond motifs is 1. The number of nitrogens with zero attached hydrogens (tertiary/aromatic N) is 1. The average molecular weight is 591 g/mol. The van der Waals surface area contributed by atoms with Crippen molar-refractivity contribution in [2.24, 2.45) is 5.92 Å². The first-order valence-corrected chi connectivity index (χ1v) is 14.4. The molecule has 2 aliphatic rings. The van der Waals surface area contributed by atoms with Gasteiger partial charge < -0.3 is 39.6 Å². The number of benzene rings is 2. The Morgan fingerprint density at radius 2 is 1.81 bits per heavy atom. The number of pyridine rings is 1. The van der Waals surface area contributed by atoms with E-state index in [-0.39, 0.29) is 12.4 Å². The van der Waals surface area contributed by atoms with Crippen LogP contribution in [0.25, 0.3) is 11.3 Å². The fourth-order valence-electron chi connectivity index (χ4n) is 4.43. The van der Waals surface area contributed by atoms with Gasteiger partial charge in [-0.05, 0) is 75.4 Å². The Kier molecular flexibility index (Phi) is 9.08. The van der Waals surface area contributed by atoms with Gasteiger partial charge in [0.25, 0.3) is 0 Å². The zero-order valence-corrected chi connectivity index (χ0v) is 25.0. The smallest absolute Gasteiger partial charge is 0.414 e. The number of hydrogen-bond acceptors (Lipinski definition) is 9. The summed E-state index contributed by atoms with van der Waals surface area (Å²) in [6.45, 7) is 7.29. The standard InChI is InChI=1S/C32H38N4O7/c1-32(2,3)43-31(38)34-15-14-33-24-16-25(36-29-23(24)17-35-30(37)42-29)28-26(40-18-20-8-9-20)6-5-7-27(28)41-19-21-10-12-22(39-4)13-11-21/h5-7,10-13,16,20H,8-9,14-15,17-19H2,1-4H3,(H,33,36)(H,34,38)(H,35,37). The topological polar surface area (TPSA) is 129 Å². The molecule has 11 heteroatoms. The van der Waals surface area contributed by atoms with Gasteiger partial charge >= 0.3 is 12.2 Å². The number of ether oxygens (including phenoxy) is 5. The lowest BCUT2D eigenvalue weighted by molar-refractivity contribution is 0.0530. The third kappa shape index (κ3) is 8.21.